The molecule has 418 valence electrons. The summed E-state index contributed by atoms with van der Waals surface area (Å²) in [6.07, 6.45) is -33.3. The zero-order valence-electron chi connectivity index (χ0n) is 39.3. The van der Waals surface area contributed by atoms with Crippen LogP contribution in [0.15, 0.2) is 106 Å². The molecule has 4 aliphatic rings. The van der Waals surface area contributed by atoms with Gasteiger partial charge in [0.2, 0.25) is 23.1 Å². The lowest BCUT2D eigenvalue weighted by molar-refractivity contribution is -0.342. The number of aliphatic hydroxyl groups is 18. The molecule has 2 saturated heterocycles. The molecule has 0 bridgehead atoms. The molecule has 0 amide bonds. The minimum absolute atomic E-state index is 0.0413. The maximum absolute atomic E-state index is 15.1. The van der Waals surface area contributed by atoms with Crippen molar-refractivity contribution in [1.82, 2.24) is 0 Å². The predicted molar refractivity (Wildman–Crippen MR) is 246 cm³/mol. The van der Waals surface area contributed by atoms with E-state index in [4.69, 9.17) is 18.9 Å². The maximum Gasteiger partial charge on any atom is 0.300 e. The van der Waals surface area contributed by atoms with Gasteiger partial charge in [-0.15, -0.1) is 0 Å². The third kappa shape index (κ3) is 11.3. The van der Waals surface area contributed by atoms with E-state index in [-0.39, 0.29) is 22.6 Å². The SMILES string of the molecule is O=C(/C=C/c1ccc(O)cc1)C1=C(O)/C(=C(C2=C(O)/C(=C(O)/C=C/c3ccc(O)cc3)C(=O)C(O)(O[C@@H]3O[C@H](CO)[C@@H](O)[C@H](O)[C@H]3O)C2=O)\[C@H](O)[C@@H](O)[C@H](O)[C@H](O)CO)C(=O)C(O)(O[C@@H]2O[C@H](CO)[C@@H](O)[C@H](O)[C@H]2O)C1=O. The minimum atomic E-state index is -4.56. The lowest BCUT2D eigenvalue weighted by Gasteiger charge is -2.43. The Morgan fingerprint density at radius 3 is 1.39 bits per heavy atom. The smallest absolute Gasteiger partial charge is 0.300 e. The van der Waals surface area contributed by atoms with E-state index in [0.29, 0.717) is 12.2 Å². The van der Waals surface area contributed by atoms with Crippen LogP contribution in [-0.4, -0.2) is 248 Å². The maximum atomic E-state index is 15.1. The highest BCUT2D eigenvalue weighted by Gasteiger charge is 2.63. The van der Waals surface area contributed by atoms with Crippen molar-refractivity contribution < 1.29 is 145 Å². The lowest BCUT2D eigenvalue weighted by atomic mass is 9.73. The van der Waals surface area contributed by atoms with Crippen LogP contribution < -0.4 is 0 Å². The topological polar surface area (TPSA) is 527 Å². The Balaban J connectivity index is 1.74. The molecule has 2 aromatic carbocycles. The molecule has 77 heavy (non-hydrogen) atoms. The van der Waals surface area contributed by atoms with E-state index in [9.17, 15) is 117 Å². The molecule has 29 heteroatoms. The molecule has 2 unspecified atom stereocenters. The second-order valence-electron chi connectivity index (χ2n) is 17.6. The fourth-order valence-electron chi connectivity index (χ4n) is 8.21. The van der Waals surface area contributed by atoms with Crippen LogP contribution in [0.2, 0.25) is 0 Å². The molecule has 2 aliphatic carbocycles. The van der Waals surface area contributed by atoms with Crippen LogP contribution in [0, 0.1) is 0 Å². The zero-order chi connectivity index (χ0) is 57.3. The number of aliphatic hydroxyl groups excluding tert-OH is 16. The summed E-state index contributed by atoms with van der Waals surface area (Å²) < 4.78 is 20.8. The molecule has 16 atom stereocenters. The molecule has 2 heterocycles. The van der Waals surface area contributed by atoms with E-state index >= 15 is 9.59 Å². The molecule has 0 aromatic heterocycles. The molecule has 0 spiro atoms. The van der Waals surface area contributed by atoms with E-state index in [0.717, 1.165) is 36.4 Å². The van der Waals surface area contributed by atoms with E-state index in [1.807, 2.05) is 0 Å². The molecular formula is C48H52O29. The second-order valence-corrected chi connectivity index (χ2v) is 17.6. The lowest BCUT2D eigenvalue weighted by Crippen LogP contribution is -2.64. The van der Waals surface area contributed by atoms with Crippen molar-refractivity contribution >= 4 is 41.1 Å². The van der Waals surface area contributed by atoms with Crippen molar-refractivity contribution in [3.8, 4) is 11.5 Å². The van der Waals surface area contributed by atoms with Crippen molar-refractivity contribution in [3.63, 3.8) is 0 Å². The fraction of sp³-hybridized carbons (Fsp3) is 0.396. The number of hydrogen-bond donors (Lipinski definition) is 20. The average molecular weight is 1090 g/mol. The van der Waals surface area contributed by atoms with Crippen LogP contribution in [0.3, 0.4) is 0 Å². The highest BCUT2D eigenvalue weighted by molar-refractivity contribution is 6.37. The Bertz CT molecular complexity index is 2790. The first-order valence-corrected chi connectivity index (χ1v) is 22.6. The third-order valence-corrected chi connectivity index (χ3v) is 12.6. The molecule has 2 fully saturated rings. The van der Waals surface area contributed by atoms with E-state index in [1.165, 1.54) is 24.3 Å². The Hall–Kier alpha value is -6.53. The minimum Gasteiger partial charge on any atom is -0.508 e. The molecule has 2 aromatic rings. The standard InChI is InChI=1S/C48H52O29/c49-13-22(56)30(57)36(63)35(62)27(28-33(60)25(20(54)11-5-16-1-7-18(52)8-2-16)41(68)47(72,43(28)70)76-45-39(66)37(64)31(58)23(14-50)74-45)29-34(61)26(21(55)12-6-17-3-9-19(53)10-4-17)42(69)48(73,44(29)71)77-46-40(67)38(65)32(59)24(15-51)75-46/h1-12,22-24,30-32,35-40,45-46,49-54,56-67,72-73H,13-15H2/b11-5+,12-6+,25-20+,29-27+/t22-,23-,24-,30-,31-,32-,35+,36+,37+,38+,39-,40-,45+,46+,47?,48?/m1/s1. The first-order valence-electron chi connectivity index (χ1n) is 22.6. The van der Waals surface area contributed by atoms with Gasteiger partial charge in [-0.2, -0.15) is 0 Å². The third-order valence-electron chi connectivity index (χ3n) is 12.6. The predicted octanol–water partition coefficient (Wildman–Crippen LogP) is -7.12. The number of carbonyl (C=O) groups excluding carboxylic acids is 5. The Morgan fingerprint density at radius 2 is 0.961 bits per heavy atom. The quantitative estimate of drug-likeness (QED) is 0.0230. The highest BCUT2D eigenvalue weighted by Crippen LogP contribution is 2.45. The Morgan fingerprint density at radius 1 is 0.558 bits per heavy atom. The number of phenols is 2. The number of hydrogen-bond acceptors (Lipinski definition) is 29. The number of benzene rings is 2. The molecule has 29 nitrogen and oxygen atoms in total. The second kappa shape index (κ2) is 23.6. The number of aromatic hydroxyl groups is 2. The summed E-state index contributed by atoms with van der Waals surface area (Å²) in [4.78, 5) is 73.4. The van der Waals surface area contributed by atoms with E-state index < -0.39 is 191 Å². The number of phenolic OH excluding ortho intramolecular Hbond substituents is 2. The van der Waals surface area contributed by atoms with Crippen LogP contribution in [0.4, 0.5) is 0 Å². The summed E-state index contributed by atoms with van der Waals surface area (Å²) in [5, 5.41) is 218. The van der Waals surface area contributed by atoms with Gasteiger partial charge in [0.1, 0.15) is 113 Å². The van der Waals surface area contributed by atoms with Gasteiger partial charge in [0.05, 0.1) is 31.0 Å². The normalized spacial score (nSPS) is 33.4. The number of ether oxygens (including phenoxy) is 4. The van der Waals surface area contributed by atoms with Gasteiger partial charge in [-0.1, -0.05) is 36.4 Å². The van der Waals surface area contributed by atoms with Gasteiger partial charge in [0.15, 0.2) is 18.4 Å². The molecule has 0 radical (unpaired) electrons. The highest BCUT2D eigenvalue weighted by atomic mass is 16.8. The van der Waals surface area contributed by atoms with Gasteiger partial charge < -0.3 is 121 Å². The first-order chi connectivity index (χ1) is 36.1. The summed E-state index contributed by atoms with van der Waals surface area (Å²) >= 11 is 0. The van der Waals surface area contributed by atoms with Crippen LogP contribution in [0.1, 0.15) is 11.1 Å². The van der Waals surface area contributed by atoms with Gasteiger partial charge in [0.25, 0.3) is 11.6 Å². The zero-order valence-corrected chi connectivity index (χ0v) is 39.3. The summed E-state index contributed by atoms with van der Waals surface area (Å²) in [5.41, 5.74) is -9.79. The largest absolute Gasteiger partial charge is 0.508 e. The van der Waals surface area contributed by atoms with E-state index in [1.54, 1.807) is 0 Å². The van der Waals surface area contributed by atoms with Crippen LogP contribution in [-0.2, 0) is 42.9 Å². The summed E-state index contributed by atoms with van der Waals surface area (Å²) in [7, 11) is 0. The number of rotatable bonds is 17. The van der Waals surface area contributed by atoms with Gasteiger partial charge in [-0.3, -0.25) is 24.0 Å². The van der Waals surface area contributed by atoms with Crippen molar-refractivity contribution in [3.05, 3.63) is 117 Å². The first kappa shape index (κ1) is 59.7. The number of carbonyl (C=O) groups is 5. The molecule has 0 saturated carbocycles. The van der Waals surface area contributed by atoms with Gasteiger partial charge >= 0.3 is 0 Å². The molecule has 6 rings (SSSR count). The molecule has 20 N–H and O–H groups in total. The molecular weight excluding hydrogens is 1040 g/mol. The van der Waals surface area contributed by atoms with Crippen LogP contribution in [0.25, 0.3) is 12.2 Å². The fourth-order valence-corrected chi connectivity index (χ4v) is 8.21. The summed E-state index contributed by atoms with van der Waals surface area (Å²) in [5.74, 6) is -27.0. The van der Waals surface area contributed by atoms with Crippen LogP contribution >= 0.6 is 0 Å². The number of Topliss-reactive ketones (excluding diaryl/α,β-unsaturated/α-hetero) is 4. The van der Waals surface area contributed by atoms with Gasteiger partial charge in [-0.25, -0.2) is 0 Å². The van der Waals surface area contributed by atoms with Crippen molar-refractivity contribution in [2.45, 2.75) is 97.4 Å². The van der Waals surface area contributed by atoms with Crippen LogP contribution in [0.5, 0.6) is 11.5 Å². The van der Waals surface area contributed by atoms with Crippen molar-refractivity contribution in [2.75, 3.05) is 19.8 Å². The van der Waals surface area contributed by atoms with E-state index in [2.05, 4.69) is 0 Å². The number of allylic oxidation sites excluding steroid dienone is 4. The summed E-state index contributed by atoms with van der Waals surface area (Å²) in [6.45, 7) is -3.93. The average Bonchev–Trinajstić information content (AvgIpc) is 3.49. The summed E-state index contributed by atoms with van der Waals surface area (Å²) in [6, 6.07) is 9.26. The van der Waals surface area contributed by atoms with Gasteiger partial charge in [0, 0.05) is 5.57 Å². The number of ketones is 5. The van der Waals surface area contributed by atoms with Crippen molar-refractivity contribution in [1.29, 1.82) is 0 Å². The Labute approximate surface area is 431 Å². The monoisotopic (exact) mass is 1090 g/mol. The molecule has 2 aliphatic heterocycles. The Kier molecular flexibility index (Phi) is 18.3. The van der Waals surface area contributed by atoms with Gasteiger partial charge in [-0.05, 0) is 47.5 Å². The van der Waals surface area contributed by atoms with Crippen molar-refractivity contribution in [2.24, 2.45) is 0 Å².